The zero-order chi connectivity index (χ0) is 13.0. The van der Waals surface area contributed by atoms with Crippen molar-refractivity contribution >= 4 is 17.5 Å². The van der Waals surface area contributed by atoms with Crippen LogP contribution in [0.5, 0.6) is 0 Å². The number of nitriles is 1. The smallest absolute Gasteiger partial charge is 0.252 e. The molecule has 1 aromatic heterocycles. The molecule has 1 amide bonds. The Kier molecular flexibility index (Phi) is 3.83. The van der Waals surface area contributed by atoms with Crippen molar-refractivity contribution in [1.82, 2.24) is 10.3 Å². The van der Waals surface area contributed by atoms with E-state index in [1.54, 1.807) is 6.07 Å². The molecule has 1 aromatic rings. The molecule has 0 aromatic carbocycles. The molecule has 2 rings (SSSR count). The van der Waals surface area contributed by atoms with Crippen molar-refractivity contribution in [2.75, 3.05) is 0 Å². The number of pyridine rings is 1. The van der Waals surface area contributed by atoms with Crippen LogP contribution in [0.2, 0.25) is 5.15 Å². The van der Waals surface area contributed by atoms with Gasteiger partial charge in [0.15, 0.2) is 0 Å². The van der Waals surface area contributed by atoms with Gasteiger partial charge in [0.05, 0.1) is 6.07 Å². The number of nitrogens with zero attached hydrogens (tertiary/aromatic N) is 2. The fourth-order valence-corrected chi connectivity index (χ4v) is 2.43. The van der Waals surface area contributed by atoms with Gasteiger partial charge in [-0.05, 0) is 25.0 Å². The predicted octanol–water partition coefficient (Wildman–Crippen LogP) is 2.69. The third-order valence-electron chi connectivity index (χ3n) is 3.26. The fourth-order valence-electron chi connectivity index (χ4n) is 2.25. The van der Waals surface area contributed by atoms with Gasteiger partial charge in [0.25, 0.3) is 5.91 Å². The first-order valence-corrected chi connectivity index (χ1v) is 6.38. The standard InChI is InChI=1S/C13H14ClN3O/c14-11-8-10(4-7-16-11)12(18)17-13(9-15)5-2-1-3-6-13/h4,7-8H,1-3,5-6H2,(H,17,18). The Bertz CT molecular complexity index is 489. The van der Waals surface area contributed by atoms with Crippen LogP contribution >= 0.6 is 11.6 Å². The molecule has 0 unspecified atom stereocenters. The summed E-state index contributed by atoms with van der Waals surface area (Å²) in [5.74, 6) is -0.261. The zero-order valence-corrected chi connectivity index (χ0v) is 10.7. The Morgan fingerprint density at radius 3 is 2.78 bits per heavy atom. The first-order chi connectivity index (χ1) is 8.65. The lowest BCUT2D eigenvalue weighted by atomic mass is 9.82. The molecule has 18 heavy (non-hydrogen) atoms. The Labute approximate surface area is 111 Å². The molecule has 0 saturated heterocycles. The summed E-state index contributed by atoms with van der Waals surface area (Å²) in [6.07, 6.45) is 6.00. The molecule has 0 aliphatic heterocycles. The molecule has 0 atom stereocenters. The number of hydrogen-bond acceptors (Lipinski definition) is 3. The Balaban J connectivity index is 2.13. The van der Waals surface area contributed by atoms with Crippen molar-refractivity contribution in [3.05, 3.63) is 29.0 Å². The lowest BCUT2D eigenvalue weighted by Crippen LogP contribution is -2.48. The van der Waals surface area contributed by atoms with Crippen molar-refractivity contribution < 1.29 is 4.79 Å². The van der Waals surface area contributed by atoms with Crippen LogP contribution in [-0.2, 0) is 0 Å². The molecular weight excluding hydrogens is 250 g/mol. The number of halogens is 1. The van der Waals surface area contributed by atoms with Gasteiger partial charge < -0.3 is 5.32 Å². The molecule has 0 bridgehead atoms. The molecule has 4 nitrogen and oxygen atoms in total. The van der Waals surface area contributed by atoms with E-state index in [0.29, 0.717) is 18.4 Å². The van der Waals surface area contributed by atoms with Crippen LogP contribution in [0.4, 0.5) is 0 Å². The van der Waals surface area contributed by atoms with Crippen molar-refractivity contribution in [2.24, 2.45) is 0 Å². The van der Waals surface area contributed by atoms with Gasteiger partial charge in [-0.2, -0.15) is 5.26 Å². The highest BCUT2D eigenvalue weighted by Gasteiger charge is 2.33. The van der Waals surface area contributed by atoms with E-state index in [2.05, 4.69) is 16.4 Å². The monoisotopic (exact) mass is 263 g/mol. The highest BCUT2D eigenvalue weighted by molar-refractivity contribution is 6.29. The molecule has 5 heteroatoms. The second kappa shape index (κ2) is 5.36. The topological polar surface area (TPSA) is 65.8 Å². The third kappa shape index (κ3) is 2.80. The summed E-state index contributed by atoms with van der Waals surface area (Å²) in [6.45, 7) is 0. The second-order valence-electron chi connectivity index (χ2n) is 4.58. The Hall–Kier alpha value is -1.60. The molecule has 1 heterocycles. The van der Waals surface area contributed by atoms with E-state index < -0.39 is 5.54 Å². The molecule has 1 fully saturated rings. The van der Waals surface area contributed by atoms with Gasteiger partial charge in [-0.15, -0.1) is 0 Å². The van der Waals surface area contributed by atoms with Crippen molar-refractivity contribution in [3.63, 3.8) is 0 Å². The molecule has 1 saturated carbocycles. The van der Waals surface area contributed by atoms with Crippen LogP contribution in [-0.4, -0.2) is 16.4 Å². The van der Waals surface area contributed by atoms with Gasteiger partial charge in [-0.3, -0.25) is 4.79 Å². The van der Waals surface area contributed by atoms with Crippen molar-refractivity contribution in [1.29, 1.82) is 5.26 Å². The average molecular weight is 264 g/mol. The number of nitrogens with one attached hydrogen (secondary N) is 1. The van der Waals surface area contributed by atoms with Crippen molar-refractivity contribution in [2.45, 2.75) is 37.6 Å². The molecular formula is C13H14ClN3O. The van der Waals surface area contributed by atoms with Gasteiger partial charge >= 0.3 is 0 Å². The largest absolute Gasteiger partial charge is 0.334 e. The van der Waals surface area contributed by atoms with E-state index in [9.17, 15) is 10.1 Å². The maximum Gasteiger partial charge on any atom is 0.252 e. The Morgan fingerprint density at radius 2 is 2.17 bits per heavy atom. The molecule has 1 aliphatic carbocycles. The number of rotatable bonds is 2. The first-order valence-electron chi connectivity index (χ1n) is 6.00. The van der Waals surface area contributed by atoms with E-state index in [1.807, 2.05) is 0 Å². The normalized spacial score (nSPS) is 17.8. The minimum absolute atomic E-state index is 0.261. The van der Waals surface area contributed by atoms with Gasteiger partial charge in [0, 0.05) is 11.8 Å². The third-order valence-corrected chi connectivity index (χ3v) is 3.47. The average Bonchev–Trinajstić information content (AvgIpc) is 2.40. The van der Waals surface area contributed by atoms with Crippen LogP contribution in [0.3, 0.4) is 0 Å². The van der Waals surface area contributed by atoms with Crippen LogP contribution in [0, 0.1) is 11.3 Å². The van der Waals surface area contributed by atoms with E-state index >= 15 is 0 Å². The maximum atomic E-state index is 12.1. The van der Waals surface area contributed by atoms with E-state index in [0.717, 1.165) is 19.3 Å². The predicted molar refractivity (Wildman–Crippen MR) is 68.1 cm³/mol. The van der Waals surface area contributed by atoms with Crippen LogP contribution < -0.4 is 5.32 Å². The molecule has 0 radical (unpaired) electrons. The number of carbonyl (C=O) groups excluding carboxylic acids is 1. The summed E-state index contributed by atoms with van der Waals surface area (Å²) >= 11 is 5.74. The minimum atomic E-state index is -0.717. The fraction of sp³-hybridized carbons (Fsp3) is 0.462. The van der Waals surface area contributed by atoms with Crippen LogP contribution in [0.25, 0.3) is 0 Å². The SMILES string of the molecule is N#CC1(NC(=O)c2ccnc(Cl)c2)CCCCC1. The number of aromatic nitrogens is 1. The van der Waals surface area contributed by atoms with E-state index in [-0.39, 0.29) is 11.1 Å². The van der Waals surface area contributed by atoms with E-state index in [1.165, 1.54) is 12.3 Å². The van der Waals surface area contributed by atoms with Gasteiger partial charge in [-0.1, -0.05) is 30.9 Å². The molecule has 0 spiro atoms. The van der Waals surface area contributed by atoms with E-state index in [4.69, 9.17) is 11.6 Å². The highest BCUT2D eigenvalue weighted by atomic mass is 35.5. The quantitative estimate of drug-likeness (QED) is 0.835. The first kappa shape index (κ1) is 12.8. The Morgan fingerprint density at radius 1 is 1.44 bits per heavy atom. The number of hydrogen-bond donors (Lipinski definition) is 1. The minimum Gasteiger partial charge on any atom is -0.334 e. The van der Waals surface area contributed by atoms with Gasteiger partial charge in [0.1, 0.15) is 10.7 Å². The molecule has 94 valence electrons. The molecule has 1 N–H and O–H groups in total. The number of amides is 1. The lowest BCUT2D eigenvalue weighted by molar-refractivity contribution is 0.0902. The highest BCUT2D eigenvalue weighted by Crippen LogP contribution is 2.27. The summed E-state index contributed by atoms with van der Waals surface area (Å²) < 4.78 is 0. The zero-order valence-electron chi connectivity index (χ0n) is 9.95. The summed E-state index contributed by atoms with van der Waals surface area (Å²) in [5.41, 5.74) is -0.277. The lowest BCUT2D eigenvalue weighted by Gasteiger charge is -2.31. The summed E-state index contributed by atoms with van der Waals surface area (Å²) in [6, 6.07) is 5.35. The number of carbonyl (C=O) groups is 1. The second-order valence-corrected chi connectivity index (χ2v) is 4.96. The summed E-state index contributed by atoms with van der Waals surface area (Å²) in [5, 5.41) is 12.4. The van der Waals surface area contributed by atoms with Crippen LogP contribution in [0.15, 0.2) is 18.3 Å². The van der Waals surface area contributed by atoms with Gasteiger partial charge in [0.2, 0.25) is 0 Å². The van der Waals surface area contributed by atoms with Crippen LogP contribution in [0.1, 0.15) is 42.5 Å². The molecule has 1 aliphatic rings. The summed E-state index contributed by atoms with van der Waals surface area (Å²) in [4.78, 5) is 15.9. The van der Waals surface area contributed by atoms with Gasteiger partial charge in [-0.25, -0.2) is 4.98 Å². The maximum absolute atomic E-state index is 12.1. The van der Waals surface area contributed by atoms with Crippen molar-refractivity contribution in [3.8, 4) is 6.07 Å². The summed E-state index contributed by atoms with van der Waals surface area (Å²) in [7, 11) is 0.